The third kappa shape index (κ3) is 2.85. The van der Waals surface area contributed by atoms with Crippen LogP contribution in [0.25, 0.3) is 11.2 Å². The molecule has 0 radical (unpaired) electrons. The van der Waals surface area contributed by atoms with Gasteiger partial charge in [0.25, 0.3) is 0 Å². The maximum absolute atomic E-state index is 8.22. The lowest BCUT2D eigenvalue weighted by atomic mass is 10.3. The summed E-state index contributed by atoms with van der Waals surface area (Å²) in [5, 5.41) is 16.9. The van der Waals surface area contributed by atoms with Crippen molar-refractivity contribution in [1.29, 1.82) is 5.41 Å². The van der Waals surface area contributed by atoms with Crippen molar-refractivity contribution in [2.75, 3.05) is 0 Å². The predicted molar refractivity (Wildman–Crippen MR) is 82.4 cm³/mol. The molecule has 114 valence electrons. The molecule has 0 amide bonds. The lowest BCUT2D eigenvalue weighted by Crippen LogP contribution is -2.21. The molecule has 22 heavy (non-hydrogen) atoms. The Morgan fingerprint density at radius 2 is 2.14 bits per heavy atom. The molecule has 0 atom stereocenters. The van der Waals surface area contributed by atoms with Gasteiger partial charge in [-0.15, -0.1) is 5.10 Å². The van der Waals surface area contributed by atoms with Crippen LogP contribution >= 0.6 is 11.6 Å². The van der Waals surface area contributed by atoms with E-state index in [1.807, 2.05) is 6.07 Å². The van der Waals surface area contributed by atoms with Crippen LogP contribution in [0.4, 0.5) is 0 Å². The number of unbranched alkanes of at least 4 members (excludes halogenated alkanes) is 1. The van der Waals surface area contributed by atoms with Crippen LogP contribution in [0.1, 0.15) is 25.3 Å². The summed E-state index contributed by atoms with van der Waals surface area (Å²) < 4.78 is 3.47. The van der Waals surface area contributed by atoms with E-state index in [0.717, 1.165) is 24.9 Å². The first-order valence-electron chi connectivity index (χ1n) is 7.12. The Morgan fingerprint density at radius 3 is 2.86 bits per heavy atom. The van der Waals surface area contributed by atoms with E-state index in [1.54, 1.807) is 27.8 Å². The molecule has 0 aliphatic carbocycles. The highest BCUT2D eigenvalue weighted by Crippen LogP contribution is 2.09. The van der Waals surface area contributed by atoms with E-state index >= 15 is 0 Å². The van der Waals surface area contributed by atoms with Gasteiger partial charge in [0, 0.05) is 12.7 Å². The number of aryl methyl sites for hydroxylation is 1. The van der Waals surface area contributed by atoms with Crippen molar-refractivity contribution >= 4 is 22.8 Å². The predicted octanol–water partition coefficient (Wildman–Crippen LogP) is 2.00. The monoisotopic (exact) mass is 317 g/mol. The van der Waals surface area contributed by atoms with E-state index in [9.17, 15) is 0 Å². The molecule has 8 heteroatoms. The Hall–Kier alpha value is -2.28. The minimum Gasteiger partial charge on any atom is -0.316 e. The zero-order chi connectivity index (χ0) is 15.5. The van der Waals surface area contributed by atoms with E-state index < -0.39 is 0 Å². The summed E-state index contributed by atoms with van der Waals surface area (Å²) in [5.41, 5.74) is 2.42. The summed E-state index contributed by atoms with van der Waals surface area (Å²) in [6, 6.07) is 3.62. The molecule has 7 nitrogen and oxygen atoms in total. The fourth-order valence-corrected chi connectivity index (χ4v) is 2.30. The third-order valence-corrected chi connectivity index (χ3v) is 3.64. The minimum absolute atomic E-state index is 0.346. The van der Waals surface area contributed by atoms with Gasteiger partial charge in [-0.05, 0) is 18.1 Å². The quantitative estimate of drug-likeness (QED) is 0.729. The molecule has 3 rings (SSSR count). The SMILES string of the molecule is CCCCn1cnc2c(nnn2Cc2ccc(Cl)nc2)c1=N. The largest absolute Gasteiger partial charge is 0.316 e. The van der Waals surface area contributed by atoms with Crippen molar-refractivity contribution < 1.29 is 0 Å². The van der Waals surface area contributed by atoms with Gasteiger partial charge in [0.2, 0.25) is 0 Å². The van der Waals surface area contributed by atoms with Gasteiger partial charge in [0.15, 0.2) is 16.7 Å². The van der Waals surface area contributed by atoms with Crippen molar-refractivity contribution in [2.45, 2.75) is 32.9 Å². The fraction of sp³-hybridized carbons (Fsp3) is 0.357. The second kappa shape index (κ2) is 6.23. The van der Waals surface area contributed by atoms with E-state index in [4.69, 9.17) is 17.0 Å². The Kier molecular flexibility index (Phi) is 4.15. The number of aromatic nitrogens is 6. The summed E-state index contributed by atoms with van der Waals surface area (Å²) in [5.74, 6) is 0. The highest BCUT2D eigenvalue weighted by Gasteiger charge is 2.10. The number of pyridine rings is 1. The summed E-state index contributed by atoms with van der Waals surface area (Å²) in [6.45, 7) is 3.38. The van der Waals surface area contributed by atoms with Crippen LogP contribution in [0.3, 0.4) is 0 Å². The number of hydrogen-bond donors (Lipinski definition) is 1. The van der Waals surface area contributed by atoms with E-state index in [2.05, 4.69) is 27.2 Å². The van der Waals surface area contributed by atoms with E-state index in [1.165, 1.54) is 0 Å². The van der Waals surface area contributed by atoms with Crippen molar-refractivity contribution in [3.63, 3.8) is 0 Å². The molecule has 3 heterocycles. The number of fused-ring (bicyclic) bond motifs is 1. The van der Waals surface area contributed by atoms with Gasteiger partial charge in [-0.1, -0.05) is 36.2 Å². The Balaban J connectivity index is 1.93. The molecule has 1 N–H and O–H groups in total. The summed E-state index contributed by atoms with van der Waals surface area (Å²) >= 11 is 5.78. The molecule has 0 aliphatic heterocycles. The summed E-state index contributed by atoms with van der Waals surface area (Å²) in [7, 11) is 0. The molecule has 3 aromatic heterocycles. The molecule has 0 saturated carbocycles. The van der Waals surface area contributed by atoms with Crippen LogP contribution in [0.5, 0.6) is 0 Å². The van der Waals surface area contributed by atoms with Crippen molar-refractivity contribution in [1.82, 2.24) is 29.5 Å². The zero-order valence-corrected chi connectivity index (χ0v) is 13.0. The first-order chi connectivity index (χ1) is 10.7. The molecule has 0 spiro atoms. The molecule has 0 unspecified atom stereocenters. The van der Waals surface area contributed by atoms with Gasteiger partial charge in [0.05, 0.1) is 12.9 Å². The number of halogens is 1. The first-order valence-corrected chi connectivity index (χ1v) is 7.50. The topological polar surface area (TPSA) is 85.3 Å². The zero-order valence-electron chi connectivity index (χ0n) is 12.2. The third-order valence-electron chi connectivity index (χ3n) is 3.41. The standard InChI is InChI=1S/C14H16ClN7/c1-2-3-6-21-9-18-14-12(13(21)16)19-20-22(14)8-10-4-5-11(15)17-7-10/h4-5,7,9,16H,2-3,6,8H2,1H3. The maximum atomic E-state index is 8.22. The first kappa shape index (κ1) is 14.6. The number of nitrogens with zero attached hydrogens (tertiary/aromatic N) is 6. The Labute approximate surface area is 132 Å². The molecular weight excluding hydrogens is 302 g/mol. The lowest BCUT2D eigenvalue weighted by Gasteiger charge is -2.05. The van der Waals surface area contributed by atoms with Gasteiger partial charge < -0.3 is 4.57 Å². The lowest BCUT2D eigenvalue weighted by molar-refractivity contribution is 0.595. The van der Waals surface area contributed by atoms with E-state index in [0.29, 0.717) is 28.3 Å². The van der Waals surface area contributed by atoms with Crippen molar-refractivity contribution in [3.05, 3.63) is 40.9 Å². The molecular formula is C14H16ClN7. The molecule has 0 aliphatic rings. The molecule has 0 saturated heterocycles. The van der Waals surface area contributed by atoms with Crippen LogP contribution in [-0.2, 0) is 13.1 Å². The van der Waals surface area contributed by atoms with Gasteiger partial charge in [-0.25, -0.2) is 14.6 Å². The van der Waals surface area contributed by atoms with E-state index in [-0.39, 0.29) is 0 Å². The molecule has 3 aromatic rings. The number of hydrogen-bond acceptors (Lipinski definition) is 5. The van der Waals surface area contributed by atoms with Gasteiger partial charge in [-0.3, -0.25) is 5.41 Å². The van der Waals surface area contributed by atoms with Crippen LogP contribution in [0.15, 0.2) is 24.7 Å². The Bertz CT molecular complexity index is 835. The Morgan fingerprint density at radius 1 is 1.27 bits per heavy atom. The van der Waals surface area contributed by atoms with Gasteiger partial charge in [0.1, 0.15) is 5.15 Å². The number of nitrogens with one attached hydrogen (secondary N) is 1. The average Bonchev–Trinajstić information content (AvgIpc) is 2.93. The van der Waals surface area contributed by atoms with Crippen molar-refractivity contribution in [3.8, 4) is 0 Å². The van der Waals surface area contributed by atoms with Crippen LogP contribution in [-0.4, -0.2) is 29.5 Å². The number of rotatable bonds is 5. The highest BCUT2D eigenvalue weighted by molar-refractivity contribution is 6.29. The highest BCUT2D eigenvalue weighted by atomic mass is 35.5. The smallest absolute Gasteiger partial charge is 0.184 e. The van der Waals surface area contributed by atoms with Crippen LogP contribution in [0.2, 0.25) is 5.15 Å². The van der Waals surface area contributed by atoms with Gasteiger partial charge in [-0.2, -0.15) is 0 Å². The van der Waals surface area contributed by atoms with Crippen LogP contribution < -0.4 is 5.49 Å². The second-order valence-electron chi connectivity index (χ2n) is 5.05. The average molecular weight is 318 g/mol. The second-order valence-corrected chi connectivity index (χ2v) is 5.44. The van der Waals surface area contributed by atoms with Crippen molar-refractivity contribution in [2.24, 2.45) is 0 Å². The summed E-state index contributed by atoms with van der Waals surface area (Å²) in [6.07, 6.45) is 5.46. The normalized spacial score (nSPS) is 11.2. The molecule has 0 aromatic carbocycles. The van der Waals surface area contributed by atoms with Gasteiger partial charge >= 0.3 is 0 Å². The fourth-order valence-electron chi connectivity index (χ4n) is 2.18. The molecule has 0 bridgehead atoms. The maximum Gasteiger partial charge on any atom is 0.184 e. The van der Waals surface area contributed by atoms with Crippen LogP contribution in [0, 0.1) is 5.41 Å². The minimum atomic E-state index is 0.346. The summed E-state index contributed by atoms with van der Waals surface area (Å²) in [4.78, 5) is 8.45. The molecule has 0 fully saturated rings.